The van der Waals surface area contributed by atoms with Crippen LogP contribution in [-0.2, 0) is 4.79 Å². The summed E-state index contributed by atoms with van der Waals surface area (Å²) in [6.45, 7) is 8.64. The molecule has 1 amide bonds. The molecule has 1 saturated heterocycles. The third kappa shape index (κ3) is 2.38. The molecule has 1 aromatic rings. The van der Waals surface area contributed by atoms with Crippen molar-refractivity contribution in [2.45, 2.75) is 39.3 Å². The third-order valence-corrected chi connectivity index (χ3v) is 3.90. The minimum atomic E-state index is -0.507. The fraction of sp³-hybridized carbons (Fsp3) is 0.533. The molecule has 4 nitrogen and oxygen atoms in total. The molecular weight excluding hydrogens is 240 g/mol. The summed E-state index contributed by atoms with van der Waals surface area (Å²) in [4.78, 5) is 14.4. The van der Waals surface area contributed by atoms with E-state index in [1.807, 2.05) is 50.8 Å². The monoisotopic (exact) mass is 262 g/mol. The number of piperazine rings is 1. The lowest BCUT2D eigenvalue weighted by Gasteiger charge is -2.46. The molecule has 2 N–H and O–H groups in total. The van der Waals surface area contributed by atoms with Gasteiger partial charge in [-0.05, 0) is 44.9 Å². The first kappa shape index (κ1) is 14.0. The first-order valence-corrected chi connectivity index (χ1v) is 6.63. The zero-order valence-electron chi connectivity index (χ0n) is 12.0. The van der Waals surface area contributed by atoms with Gasteiger partial charge in [0.05, 0.1) is 12.1 Å². The molecule has 0 aliphatic carbocycles. The van der Waals surface area contributed by atoms with Crippen molar-refractivity contribution in [2.75, 3.05) is 18.1 Å². The maximum absolute atomic E-state index is 12.5. The van der Waals surface area contributed by atoms with Crippen LogP contribution in [0, 0.1) is 13.8 Å². The normalized spacial score (nSPS) is 22.7. The van der Waals surface area contributed by atoms with E-state index in [4.69, 9.17) is 0 Å². The summed E-state index contributed by atoms with van der Waals surface area (Å²) in [5.41, 5.74) is 2.92. The number of hydrogen-bond donors (Lipinski definition) is 2. The SMILES string of the molecule is Cc1cccc(N2C(=O)C(CO)NCC2(C)C)c1C. The van der Waals surface area contributed by atoms with Gasteiger partial charge in [0.15, 0.2) is 0 Å². The Bertz CT molecular complexity index is 497. The lowest BCUT2D eigenvalue weighted by atomic mass is 9.94. The van der Waals surface area contributed by atoms with E-state index in [0.717, 1.165) is 11.3 Å². The molecule has 0 aromatic heterocycles. The standard InChI is InChI=1S/C15H22N2O2/c1-10-6-5-7-13(11(10)2)17-14(19)12(8-18)16-9-15(17,3)4/h5-7,12,16,18H,8-9H2,1-4H3. The first-order valence-electron chi connectivity index (χ1n) is 6.63. The number of aliphatic hydroxyl groups excluding tert-OH is 1. The number of carbonyl (C=O) groups is 1. The quantitative estimate of drug-likeness (QED) is 0.846. The average Bonchev–Trinajstić information content (AvgIpc) is 2.34. The Kier molecular flexibility index (Phi) is 3.65. The Labute approximate surface area is 114 Å². The Balaban J connectivity index is 2.49. The number of hydrogen-bond acceptors (Lipinski definition) is 3. The summed E-state index contributed by atoms with van der Waals surface area (Å²) in [5, 5.41) is 12.4. The van der Waals surface area contributed by atoms with Crippen molar-refractivity contribution in [2.24, 2.45) is 0 Å². The molecule has 0 spiro atoms. The minimum absolute atomic E-state index is 0.0625. The summed E-state index contributed by atoms with van der Waals surface area (Å²) in [6.07, 6.45) is 0. The highest BCUT2D eigenvalue weighted by atomic mass is 16.3. The predicted octanol–water partition coefficient (Wildman–Crippen LogP) is 1.38. The lowest BCUT2D eigenvalue weighted by Crippen LogP contribution is -2.66. The van der Waals surface area contributed by atoms with Crippen LogP contribution in [0.25, 0.3) is 0 Å². The summed E-state index contributed by atoms with van der Waals surface area (Å²) < 4.78 is 0. The molecule has 1 aliphatic heterocycles. The maximum Gasteiger partial charge on any atom is 0.247 e. The molecule has 0 radical (unpaired) electrons. The van der Waals surface area contributed by atoms with Crippen molar-refractivity contribution >= 4 is 11.6 Å². The highest BCUT2D eigenvalue weighted by Gasteiger charge is 2.41. The predicted molar refractivity (Wildman–Crippen MR) is 76.4 cm³/mol. The number of nitrogens with one attached hydrogen (secondary N) is 1. The van der Waals surface area contributed by atoms with Crippen molar-refractivity contribution in [1.82, 2.24) is 5.32 Å². The van der Waals surface area contributed by atoms with Gasteiger partial charge in [0.2, 0.25) is 5.91 Å². The van der Waals surface area contributed by atoms with Crippen molar-refractivity contribution in [3.63, 3.8) is 0 Å². The molecule has 1 atom stereocenters. The fourth-order valence-electron chi connectivity index (χ4n) is 2.56. The van der Waals surface area contributed by atoms with Gasteiger partial charge < -0.3 is 15.3 Å². The van der Waals surface area contributed by atoms with Gasteiger partial charge >= 0.3 is 0 Å². The molecule has 1 aromatic carbocycles. The smallest absolute Gasteiger partial charge is 0.247 e. The van der Waals surface area contributed by atoms with Crippen LogP contribution in [0.2, 0.25) is 0 Å². The van der Waals surface area contributed by atoms with Gasteiger partial charge in [0.25, 0.3) is 0 Å². The van der Waals surface area contributed by atoms with Crippen molar-refractivity contribution in [3.05, 3.63) is 29.3 Å². The zero-order valence-corrected chi connectivity index (χ0v) is 12.0. The number of rotatable bonds is 2. The van der Waals surface area contributed by atoms with Gasteiger partial charge in [0.1, 0.15) is 6.04 Å². The maximum atomic E-state index is 12.5. The van der Waals surface area contributed by atoms with Crippen LogP contribution < -0.4 is 10.2 Å². The Hall–Kier alpha value is -1.39. The molecule has 1 heterocycles. The van der Waals surface area contributed by atoms with Crippen molar-refractivity contribution in [3.8, 4) is 0 Å². The third-order valence-electron chi connectivity index (χ3n) is 3.90. The zero-order chi connectivity index (χ0) is 14.2. The number of amides is 1. The van der Waals surface area contributed by atoms with E-state index in [1.54, 1.807) is 0 Å². The van der Waals surface area contributed by atoms with E-state index in [2.05, 4.69) is 5.32 Å². The van der Waals surface area contributed by atoms with Crippen LogP contribution in [0.15, 0.2) is 18.2 Å². The van der Waals surface area contributed by atoms with Crippen molar-refractivity contribution < 1.29 is 9.90 Å². The van der Waals surface area contributed by atoms with E-state index in [0.29, 0.717) is 6.54 Å². The van der Waals surface area contributed by atoms with Gasteiger partial charge in [-0.1, -0.05) is 12.1 Å². The second-order valence-electron chi connectivity index (χ2n) is 5.82. The van der Waals surface area contributed by atoms with E-state index in [-0.39, 0.29) is 18.1 Å². The number of anilines is 1. The topological polar surface area (TPSA) is 52.6 Å². The van der Waals surface area contributed by atoms with Gasteiger partial charge in [-0.2, -0.15) is 0 Å². The number of aryl methyl sites for hydroxylation is 1. The molecule has 19 heavy (non-hydrogen) atoms. The second-order valence-corrected chi connectivity index (χ2v) is 5.82. The highest BCUT2D eigenvalue weighted by Crippen LogP contribution is 2.31. The molecule has 4 heteroatoms. The van der Waals surface area contributed by atoms with Gasteiger partial charge in [-0.25, -0.2) is 0 Å². The molecule has 1 aliphatic rings. The Morgan fingerprint density at radius 3 is 2.74 bits per heavy atom. The summed E-state index contributed by atoms with van der Waals surface area (Å²) >= 11 is 0. The van der Waals surface area contributed by atoms with Crippen LogP contribution in [-0.4, -0.2) is 35.7 Å². The van der Waals surface area contributed by atoms with Gasteiger partial charge in [-0.15, -0.1) is 0 Å². The average molecular weight is 262 g/mol. The Morgan fingerprint density at radius 2 is 2.11 bits per heavy atom. The summed E-state index contributed by atoms with van der Waals surface area (Å²) in [5.74, 6) is -0.0625. The minimum Gasteiger partial charge on any atom is -0.394 e. The largest absolute Gasteiger partial charge is 0.394 e. The number of benzene rings is 1. The molecule has 1 unspecified atom stereocenters. The number of nitrogens with zero attached hydrogens (tertiary/aromatic N) is 1. The molecule has 104 valence electrons. The van der Waals surface area contributed by atoms with Crippen LogP contribution in [0.5, 0.6) is 0 Å². The van der Waals surface area contributed by atoms with E-state index in [1.165, 1.54) is 5.56 Å². The molecule has 0 bridgehead atoms. The van der Waals surface area contributed by atoms with Crippen LogP contribution in [0.1, 0.15) is 25.0 Å². The fourth-order valence-corrected chi connectivity index (χ4v) is 2.56. The number of carbonyl (C=O) groups excluding carboxylic acids is 1. The number of aliphatic hydroxyl groups is 1. The highest BCUT2D eigenvalue weighted by molar-refractivity contribution is 6.00. The van der Waals surface area contributed by atoms with Crippen LogP contribution in [0.3, 0.4) is 0 Å². The van der Waals surface area contributed by atoms with E-state index >= 15 is 0 Å². The van der Waals surface area contributed by atoms with E-state index in [9.17, 15) is 9.90 Å². The Morgan fingerprint density at radius 1 is 1.42 bits per heavy atom. The molecule has 2 rings (SSSR count). The lowest BCUT2D eigenvalue weighted by molar-refractivity contribution is -0.124. The van der Waals surface area contributed by atoms with Gasteiger partial charge in [-0.3, -0.25) is 4.79 Å². The summed E-state index contributed by atoms with van der Waals surface area (Å²) in [6, 6.07) is 5.48. The van der Waals surface area contributed by atoms with Crippen LogP contribution in [0.4, 0.5) is 5.69 Å². The van der Waals surface area contributed by atoms with Gasteiger partial charge in [0, 0.05) is 12.2 Å². The summed E-state index contributed by atoms with van der Waals surface area (Å²) in [7, 11) is 0. The second kappa shape index (κ2) is 4.94. The molecular formula is C15H22N2O2. The van der Waals surface area contributed by atoms with Crippen molar-refractivity contribution in [1.29, 1.82) is 0 Å². The van der Waals surface area contributed by atoms with Crippen LogP contribution >= 0.6 is 0 Å². The first-order chi connectivity index (χ1) is 8.88. The molecule has 0 saturated carbocycles. The van der Waals surface area contributed by atoms with E-state index < -0.39 is 6.04 Å². The molecule has 1 fully saturated rings.